The van der Waals surface area contributed by atoms with Gasteiger partial charge in [-0.2, -0.15) is 10.2 Å². The Morgan fingerprint density at radius 2 is 1.97 bits per heavy atom. The van der Waals surface area contributed by atoms with E-state index in [1.807, 2.05) is 0 Å². The number of carbonyl (C=O) groups excluding carboxylic acids is 1. The SMILES string of the molecule is Cn1cc(-c2nc(C(=O)Nc3cc4cn(CC(=O)O)nc4cc3F)ccc2F)cn1. The summed E-state index contributed by atoms with van der Waals surface area (Å²) in [6, 6.07) is 4.70. The zero-order valence-electron chi connectivity index (χ0n) is 15.5. The number of carbonyl (C=O) groups is 2. The lowest BCUT2D eigenvalue weighted by atomic mass is 10.2. The predicted octanol–water partition coefficient (Wildman–Crippen LogP) is 2.45. The molecule has 3 aromatic heterocycles. The van der Waals surface area contributed by atoms with Crippen molar-refractivity contribution in [2.24, 2.45) is 7.05 Å². The molecule has 9 nitrogen and oxygen atoms in total. The minimum Gasteiger partial charge on any atom is -0.480 e. The molecule has 4 rings (SSSR count). The summed E-state index contributed by atoms with van der Waals surface area (Å²) in [4.78, 5) is 27.4. The summed E-state index contributed by atoms with van der Waals surface area (Å²) in [6.45, 7) is -0.380. The van der Waals surface area contributed by atoms with Crippen molar-refractivity contribution in [3.63, 3.8) is 0 Å². The van der Waals surface area contributed by atoms with Crippen LogP contribution in [0.4, 0.5) is 14.5 Å². The maximum absolute atomic E-state index is 14.4. The highest BCUT2D eigenvalue weighted by atomic mass is 19.1. The Kier molecular flexibility index (Phi) is 4.70. The third-order valence-corrected chi connectivity index (χ3v) is 4.24. The van der Waals surface area contributed by atoms with Crippen LogP contribution in [-0.2, 0) is 18.4 Å². The number of amides is 1. The molecule has 0 radical (unpaired) electrons. The fourth-order valence-electron chi connectivity index (χ4n) is 2.91. The summed E-state index contributed by atoms with van der Waals surface area (Å²) in [5.74, 6) is -3.22. The molecular weight excluding hydrogens is 398 g/mol. The molecule has 30 heavy (non-hydrogen) atoms. The summed E-state index contributed by atoms with van der Waals surface area (Å²) in [5, 5.41) is 19.6. The number of halogens is 2. The fourth-order valence-corrected chi connectivity index (χ4v) is 2.91. The second kappa shape index (κ2) is 7.35. The molecule has 0 fully saturated rings. The van der Waals surface area contributed by atoms with Crippen molar-refractivity contribution in [3.05, 3.63) is 60.2 Å². The molecule has 11 heteroatoms. The molecule has 0 aliphatic carbocycles. The van der Waals surface area contributed by atoms with Gasteiger partial charge in [0.25, 0.3) is 5.91 Å². The van der Waals surface area contributed by atoms with Crippen molar-refractivity contribution in [1.82, 2.24) is 24.5 Å². The van der Waals surface area contributed by atoms with Gasteiger partial charge in [-0.25, -0.2) is 13.8 Å². The van der Waals surface area contributed by atoms with E-state index in [1.165, 1.54) is 29.2 Å². The van der Waals surface area contributed by atoms with Gasteiger partial charge in [-0.15, -0.1) is 0 Å². The topological polar surface area (TPSA) is 115 Å². The first-order valence-corrected chi connectivity index (χ1v) is 8.65. The molecule has 2 N–H and O–H groups in total. The smallest absolute Gasteiger partial charge is 0.325 e. The van der Waals surface area contributed by atoms with E-state index in [9.17, 15) is 18.4 Å². The summed E-state index contributed by atoms with van der Waals surface area (Å²) in [7, 11) is 1.66. The molecule has 0 spiro atoms. The van der Waals surface area contributed by atoms with E-state index in [2.05, 4.69) is 20.5 Å². The van der Waals surface area contributed by atoms with Crippen LogP contribution in [0.2, 0.25) is 0 Å². The number of nitrogens with one attached hydrogen (secondary N) is 1. The Labute approximate surface area is 167 Å². The molecule has 0 aliphatic heterocycles. The largest absolute Gasteiger partial charge is 0.480 e. The number of benzene rings is 1. The maximum atomic E-state index is 14.4. The second-order valence-corrected chi connectivity index (χ2v) is 6.50. The molecule has 0 unspecified atom stereocenters. The molecule has 152 valence electrons. The van der Waals surface area contributed by atoms with E-state index in [4.69, 9.17) is 5.11 Å². The predicted molar refractivity (Wildman–Crippen MR) is 102 cm³/mol. The third-order valence-electron chi connectivity index (χ3n) is 4.24. The molecule has 1 amide bonds. The monoisotopic (exact) mass is 412 g/mol. The van der Waals surface area contributed by atoms with Gasteiger partial charge < -0.3 is 10.4 Å². The van der Waals surface area contributed by atoms with E-state index in [-0.39, 0.29) is 29.1 Å². The van der Waals surface area contributed by atoms with Gasteiger partial charge >= 0.3 is 5.97 Å². The van der Waals surface area contributed by atoms with Gasteiger partial charge in [0.1, 0.15) is 29.6 Å². The van der Waals surface area contributed by atoms with Crippen molar-refractivity contribution in [2.75, 3.05) is 5.32 Å². The number of aliphatic carboxylic acids is 1. The van der Waals surface area contributed by atoms with E-state index in [1.54, 1.807) is 13.2 Å². The molecule has 0 saturated carbocycles. The Hall–Kier alpha value is -4.15. The summed E-state index contributed by atoms with van der Waals surface area (Å²) in [5.41, 5.74) is 0.322. The number of aromatic nitrogens is 5. The molecule has 4 aromatic rings. The second-order valence-electron chi connectivity index (χ2n) is 6.50. The minimum absolute atomic E-state index is 0.0541. The van der Waals surface area contributed by atoms with Crippen LogP contribution < -0.4 is 5.32 Å². The maximum Gasteiger partial charge on any atom is 0.325 e. The van der Waals surface area contributed by atoms with Gasteiger partial charge in [0, 0.05) is 36.5 Å². The lowest BCUT2D eigenvalue weighted by molar-refractivity contribution is -0.137. The van der Waals surface area contributed by atoms with Crippen LogP contribution in [-0.4, -0.2) is 41.5 Å². The zero-order chi connectivity index (χ0) is 21.4. The highest BCUT2D eigenvalue weighted by molar-refractivity contribution is 6.04. The van der Waals surface area contributed by atoms with Crippen molar-refractivity contribution in [3.8, 4) is 11.3 Å². The summed E-state index contributed by atoms with van der Waals surface area (Å²) >= 11 is 0. The van der Waals surface area contributed by atoms with E-state index < -0.39 is 23.5 Å². The van der Waals surface area contributed by atoms with Crippen LogP contribution in [0.5, 0.6) is 0 Å². The van der Waals surface area contributed by atoms with Gasteiger partial charge in [0.2, 0.25) is 0 Å². The first-order chi connectivity index (χ1) is 14.3. The third kappa shape index (κ3) is 3.72. The van der Waals surface area contributed by atoms with Crippen LogP contribution >= 0.6 is 0 Å². The lowest BCUT2D eigenvalue weighted by Crippen LogP contribution is -2.15. The van der Waals surface area contributed by atoms with E-state index in [0.717, 1.165) is 16.8 Å². The van der Waals surface area contributed by atoms with Crippen LogP contribution in [0.25, 0.3) is 22.2 Å². The highest BCUT2D eigenvalue weighted by Crippen LogP contribution is 2.24. The average Bonchev–Trinajstić information content (AvgIpc) is 3.27. The minimum atomic E-state index is -1.09. The standard InChI is InChI=1S/C19H14F2N6O3/c1-26-7-11(6-22-26)18-12(20)2-3-14(23-18)19(30)24-16-4-10-8-27(9-17(28)29)25-15(10)5-13(16)21/h2-8H,9H2,1H3,(H,24,30)(H,28,29). The molecule has 0 atom stereocenters. The number of nitrogens with zero attached hydrogens (tertiary/aromatic N) is 5. The van der Waals surface area contributed by atoms with E-state index in [0.29, 0.717) is 10.9 Å². The van der Waals surface area contributed by atoms with Gasteiger partial charge in [-0.3, -0.25) is 19.0 Å². The van der Waals surface area contributed by atoms with Crippen molar-refractivity contribution < 1.29 is 23.5 Å². The van der Waals surface area contributed by atoms with Crippen LogP contribution in [0, 0.1) is 11.6 Å². The number of fused-ring (bicyclic) bond motifs is 1. The molecule has 1 aromatic carbocycles. The number of carboxylic acids is 1. The first-order valence-electron chi connectivity index (χ1n) is 8.65. The van der Waals surface area contributed by atoms with Crippen molar-refractivity contribution >= 4 is 28.5 Å². The number of anilines is 1. The van der Waals surface area contributed by atoms with Crippen LogP contribution in [0.15, 0.2) is 42.9 Å². The van der Waals surface area contributed by atoms with Crippen molar-refractivity contribution in [2.45, 2.75) is 6.54 Å². The quantitative estimate of drug-likeness (QED) is 0.520. The van der Waals surface area contributed by atoms with Gasteiger partial charge in [-0.1, -0.05) is 0 Å². The molecule has 0 bridgehead atoms. The number of aryl methyl sites for hydroxylation is 1. The Morgan fingerprint density at radius 1 is 1.17 bits per heavy atom. The lowest BCUT2D eigenvalue weighted by Gasteiger charge is -2.07. The van der Waals surface area contributed by atoms with E-state index >= 15 is 0 Å². The Balaban J connectivity index is 1.63. The van der Waals surface area contributed by atoms with Crippen molar-refractivity contribution in [1.29, 1.82) is 0 Å². The zero-order valence-corrected chi connectivity index (χ0v) is 15.5. The van der Waals surface area contributed by atoms with Gasteiger partial charge in [0.15, 0.2) is 0 Å². The summed E-state index contributed by atoms with van der Waals surface area (Å²) in [6.07, 6.45) is 4.39. The number of hydrogen-bond acceptors (Lipinski definition) is 5. The molecule has 3 heterocycles. The summed E-state index contributed by atoms with van der Waals surface area (Å²) < 4.78 is 31.2. The Bertz CT molecular complexity index is 1300. The molecule has 0 aliphatic rings. The van der Waals surface area contributed by atoms with Gasteiger partial charge in [0.05, 0.1) is 17.4 Å². The van der Waals surface area contributed by atoms with Gasteiger partial charge in [-0.05, 0) is 18.2 Å². The molecule has 0 saturated heterocycles. The Morgan fingerprint density at radius 3 is 2.67 bits per heavy atom. The fraction of sp³-hybridized carbons (Fsp3) is 0.105. The normalized spacial score (nSPS) is 11.0. The first kappa shape index (κ1) is 19.2. The van der Waals surface area contributed by atoms with Crippen LogP contribution in [0.3, 0.4) is 0 Å². The number of rotatable bonds is 5. The average molecular weight is 412 g/mol. The highest BCUT2D eigenvalue weighted by Gasteiger charge is 2.17. The number of hydrogen-bond donors (Lipinski definition) is 2. The number of carboxylic acid groups (broad SMARTS) is 1. The van der Waals surface area contributed by atoms with Crippen LogP contribution in [0.1, 0.15) is 10.5 Å². The molecular formula is C19H14F2N6O3. The number of pyridine rings is 1.